The minimum atomic E-state index is -0.0695. The van der Waals surface area contributed by atoms with E-state index in [9.17, 15) is 4.79 Å². The molecule has 2 aromatic heterocycles. The first-order valence-corrected chi connectivity index (χ1v) is 8.85. The largest absolute Gasteiger partial charge is 0.341 e. The minimum absolute atomic E-state index is 0.0695. The van der Waals surface area contributed by atoms with Crippen LogP contribution >= 0.6 is 23.1 Å². The molecule has 0 aliphatic heterocycles. The van der Waals surface area contributed by atoms with Gasteiger partial charge < -0.3 is 4.98 Å². The number of hydrogen-bond acceptors (Lipinski definition) is 6. The molecule has 0 saturated heterocycles. The Morgan fingerprint density at radius 1 is 1.36 bits per heavy atom. The first kappa shape index (κ1) is 15.0. The predicted octanol–water partition coefficient (Wildman–Crippen LogP) is 2.85. The first-order chi connectivity index (χ1) is 10.7. The lowest BCUT2D eigenvalue weighted by Gasteiger charge is -2.00. The molecule has 114 valence electrons. The van der Waals surface area contributed by atoms with Gasteiger partial charge in [0.1, 0.15) is 10.8 Å². The van der Waals surface area contributed by atoms with Gasteiger partial charge in [-0.15, -0.1) is 22.0 Å². The molecule has 3 rings (SSSR count). The van der Waals surface area contributed by atoms with Gasteiger partial charge in [0, 0.05) is 0 Å². The number of amides is 1. The Bertz CT molecular complexity index is 749. The number of nitrogens with one attached hydrogen (secondary N) is 2. The Morgan fingerprint density at radius 3 is 3.00 bits per heavy atom. The molecule has 0 spiro atoms. The summed E-state index contributed by atoms with van der Waals surface area (Å²) in [6.07, 6.45) is 0.828. The van der Waals surface area contributed by atoms with Gasteiger partial charge >= 0.3 is 0 Å². The molecule has 0 fully saturated rings. The van der Waals surface area contributed by atoms with Crippen molar-refractivity contribution in [3.8, 4) is 0 Å². The van der Waals surface area contributed by atoms with Crippen LogP contribution < -0.4 is 5.32 Å². The number of thioether (sulfide) groups is 1. The zero-order valence-electron chi connectivity index (χ0n) is 12.0. The van der Waals surface area contributed by atoms with Crippen molar-refractivity contribution in [2.24, 2.45) is 0 Å². The van der Waals surface area contributed by atoms with Crippen molar-refractivity contribution >= 4 is 45.2 Å². The number of para-hydroxylation sites is 2. The van der Waals surface area contributed by atoms with E-state index in [0.717, 1.165) is 28.3 Å². The second-order valence-corrected chi connectivity index (χ2v) is 6.64. The number of rotatable bonds is 6. The lowest BCUT2D eigenvalue weighted by Crippen LogP contribution is -2.14. The number of imidazole rings is 1. The zero-order chi connectivity index (χ0) is 15.4. The maximum atomic E-state index is 11.8. The Balaban J connectivity index is 1.48. The van der Waals surface area contributed by atoms with Crippen LogP contribution in [0.2, 0.25) is 0 Å². The molecule has 1 amide bonds. The number of fused-ring (bicyclic) bond motifs is 1. The third-order valence-electron chi connectivity index (χ3n) is 2.93. The maximum Gasteiger partial charge on any atom is 0.236 e. The van der Waals surface area contributed by atoms with Gasteiger partial charge in [0.15, 0.2) is 0 Å². The molecule has 2 heterocycles. The third-order valence-corrected chi connectivity index (χ3v) is 4.85. The molecule has 0 bridgehead atoms. The number of aryl methyl sites for hydroxylation is 1. The average molecular weight is 333 g/mol. The Kier molecular flexibility index (Phi) is 4.69. The second kappa shape index (κ2) is 6.89. The normalized spacial score (nSPS) is 11.0. The van der Waals surface area contributed by atoms with E-state index in [-0.39, 0.29) is 5.91 Å². The molecule has 1 aromatic carbocycles. The Morgan fingerprint density at radius 2 is 2.23 bits per heavy atom. The van der Waals surface area contributed by atoms with Gasteiger partial charge in [-0.25, -0.2) is 4.98 Å². The van der Waals surface area contributed by atoms with Crippen LogP contribution in [0.3, 0.4) is 0 Å². The van der Waals surface area contributed by atoms with Crippen molar-refractivity contribution in [1.29, 1.82) is 0 Å². The zero-order valence-corrected chi connectivity index (χ0v) is 13.6. The predicted molar refractivity (Wildman–Crippen MR) is 90.2 cm³/mol. The summed E-state index contributed by atoms with van der Waals surface area (Å²) in [6, 6.07) is 7.88. The number of hydrogen-bond donors (Lipinski definition) is 2. The van der Waals surface area contributed by atoms with E-state index in [0.29, 0.717) is 16.6 Å². The van der Waals surface area contributed by atoms with Crippen molar-refractivity contribution in [3.63, 3.8) is 0 Å². The molecular weight excluding hydrogens is 318 g/mol. The van der Waals surface area contributed by atoms with Crippen LogP contribution in [-0.4, -0.2) is 31.8 Å². The fourth-order valence-electron chi connectivity index (χ4n) is 1.92. The fraction of sp³-hybridized carbons (Fsp3) is 0.286. The quantitative estimate of drug-likeness (QED) is 0.725. The molecular formula is C14H15N5OS2. The number of H-pyrrole nitrogens is 1. The van der Waals surface area contributed by atoms with Crippen molar-refractivity contribution < 1.29 is 4.79 Å². The number of carbonyl (C=O) groups is 1. The molecule has 0 saturated carbocycles. The highest BCUT2D eigenvalue weighted by Crippen LogP contribution is 2.17. The van der Waals surface area contributed by atoms with E-state index in [1.54, 1.807) is 0 Å². The molecule has 0 unspecified atom stereocenters. The lowest BCUT2D eigenvalue weighted by atomic mass is 10.3. The minimum Gasteiger partial charge on any atom is -0.341 e. The molecule has 22 heavy (non-hydrogen) atoms. The third kappa shape index (κ3) is 3.63. The van der Waals surface area contributed by atoms with Crippen LogP contribution in [-0.2, 0) is 17.0 Å². The molecule has 0 radical (unpaired) electrons. The van der Waals surface area contributed by atoms with Crippen LogP contribution in [0.15, 0.2) is 24.3 Å². The topological polar surface area (TPSA) is 83.6 Å². The summed E-state index contributed by atoms with van der Waals surface area (Å²) in [5, 5.41) is 12.1. The van der Waals surface area contributed by atoms with Gasteiger partial charge in [-0.2, -0.15) is 0 Å². The maximum absolute atomic E-state index is 11.8. The molecule has 0 aliphatic rings. The number of nitrogens with zero attached hydrogens (tertiary/aromatic N) is 3. The SMILES string of the molecule is CCc1nnc(NC(=O)CSCc2nc3ccccc3[nH]2)s1. The number of carbonyl (C=O) groups excluding carboxylic acids is 1. The van der Waals surface area contributed by atoms with E-state index in [2.05, 4.69) is 25.5 Å². The number of aromatic nitrogens is 4. The molecule has 6 nitrogen and oxygen atoms in total. The average Bonchev–Trinajstić information content (AvgIpc) is 3.13. The van der Waals surface area contributed by atoms with E-state index in [4.69, 9.17) is 0 Å². The molecule has 3 aromatic rings. The summed E-state index contributed by atoms with van der Waals surface area (Å²) in [5.74, 6) is 1.83. The van der Waals surface area contributed by atoms with Crippen LogP contribution in [0.4, 0.5) is 5.13 Å². The van der Waals surface area contributed by atoms with Crippen molar-refractivity contribution in [2.45, 2.75) is 19.1 Å². The molecule has 0 atom stereocenters. The smallest absolute Gasteiger partial charge is 0.236 e. The van der Waals surface area contributed by atoms with Gasteiger partial charge in [-0.05, 0) is 18.6 Å². The Hall–Kier alpha value is -1.93. The molecule has 2 N–H and O–H groups in total. The molecule has 0 aliphatic carbocycles. The standard InChI is InChI=1S/C14H15N5OS2/c1-2-13-18-19-14(22-13)17-12(20)8-21-7-11-15-9-5-3-4-6-10(9)16-11/h3-6H,2,7-8H2,1H3,(H,15,16)(H,17,19,20). The lowest BCUT2D eigenvalue weighted by molar-refractivity contribution is -0.113. The monoisotopic (exact) mass is 333 g/mol. The van der Waals surface area contributed by atoms with E-state index in [1.165, 1.54) is 23.1 Å². The number of aromatic amines is 1. The van der Waals surface area contributed by atoms with Crippen molar-refractivity contribution in [3.05, 3.63) is 35.1 Å². The summed E-state index contributed by atoms with van der Waals surface area (Å²) in [6.45, 7) is 2.01. The Labute approximate surface area is 135 Å². The number of anilines is 1. The van der Waals surface area contributed by atoms with Gasteiger partial charge in [-0.3, -0.25) is 10.1 Å². The second-order valence-electron chi connectivity index (χ2n) is 4.60. The highest BCUT2D eigenvalue weighted by Gasteiger charge is 2.08. The van der Waals surface area contributed by atoms with Crippen molar-refractivity contribution in [1.82, 2.24) is 20.2 Å². The fourth-order valence-corrected chi connectivity index (χ4v) is 3.30. The van der Waals surface area contributed by atoms with Gasteiger partial charge in [0.2, 0.25) is 11.0 Å². The highest BCUT2D eigenvalue weighted by atomic mass is 32.2. The van der Waals surface area contributed by atoms with Crippen molar-refractivity contribution in [2.75, 3.05) is 11.1 Å². The summed E-state index contributed by atoms with van der Waals surface area (Å²) in [7, 11) is 0. The van der Waals surface area contributed by atoms with Crippen LogP contribution in [0.1, 0.15) is 17.8 Å². The summed E-state index contributed by atoms with van der Waals surface area (Å²) < 4.78 is 0. The summed E-state index contributed by atoms with van der Waals surface area (Å²) in [4.78, 5) is 19.6. The van der Waals surface area contributed by atoms with E-state index < -0.39 is 0 Å². The number of benzene rings is 1. The highest BCUT2D eigenvalue weighted by molar-refractivity contribution is 7.99. The summed E-state index contributed by atoms with van der Waals surface area (Å²) in [5.41, 5.74) is 1.96. The summed E-state index contributed by atoms with van der Waals surface area (Å²) >= 11 is 2.92. The van der Waals surface area contributed by atoms with E-state index in [1.807, 2.05) is 31.2 Å². The van der Waals surface area contributed by atoms with Crippen LogP contribution in [0.5, 0.6) is 0 Å². The first-order valence-electron chi connectivity index (χ1n) is 6.88. The van der Waals surface area contributed by atoms with Crippen LogP contribution in [0.25, 0.3) is 11.0 Å². The molecule has 8 heteroatoms. The van der Waals surface area contributed by atoms with Crippen LogP contribution in [0, 0.1) is 0 Å². The van der Waals surface area contributed by atoms with Gasteiger partial charge in [0.05, 0.1) is 22.5 Å². The van der Waals surface area contributed by atoms with Gasteiger partial charge in [0.25, 0.3) is 0 Å². The van der Waals surface area contributed by atoms with Gasteiger partial charge in [-0.1, -0.05) is 30.4 Å². The van der Waals surface area contributed by atoms with E-state index >= 15 is 0 Å².